The van der Waals surface area contributed by atoms with Crippen LogP contribution in [0.5, 0.6) is 0 Å². The lowest BCUT2D eigenvalue weighted by atomic mass is 10.1. The number of hydrogen-bond donors (Lipinski definition) is 2. The van der Waals surface area contributed by atoms with Crippen molar-refractivity contribution < 1.29 is 4.79 Å². The average molecular weight is 296 g/mol. The van der Waals surface area contributed by atoms with E-state index in [0.29, 0.717) is 11.5 Å². The smallest absolute Gasteiger partial charge is 0.279 e. The summed E-state index contributed by atoms with van der Waals surface area (Å²) in [6.45, 7) is 4.69. The second-order valence-electron chi connectivity index (χ2n) is 4.83. The highest BCUT2D eigenvalue weighted by Crippen LogP contribution is 2.20. The number of aromatic amines is 1. The molecular formula is C15H16N6O. The Bertz CT molecular complexity index is 789. The van der Waals surface area contributed by atoms with Gasteiger partial charge in [0.1, 0.15) is 5.69 Å². The van der Waals surface area contributed by atoms with Gasteiger partial charge >= 0.3 is 0 Å². The molecule has 1 aromatic carbocycles. The van der Waals surface area contributed by atoms with Gasteiger partial charge in [-0.1, -0.05) is 30.3 Å². The zero-order valence-corrected chi connectivity index (χ0v) is 12.4. The molecule has 0 fully saturated rings. The molecule has 3 aromatic rings. The van der Waals surface area contributed by atoms with Crippen molar-refractivity contribution in [1.82, 2.24) is 25.2 Å². The van der Waals surface area contributed by atoms with Crippen molar-refractivity contribution in [2.75, 3.05) is 5.32 Å². The fraction of sp³-hybridized carbons (Fsp3) is 0.200. The first-order valence-corrected chi connectivity index (χ1v) is 7.01. The van der Waals surface area contributed by atoms with E-state index in [2.05, 4.69) is 25.8 Å². The van der Waals surface area contributed by atoms with E-state index in [-0.39, 0.29) is 11.6 Å². The van der Waals surface area contributed by atoms with Crippen molar-refractivity contribution in [1.29, 1.82) is 0 Å². The van der Waals surface area contributed by atoms with Crippen LogP contribution in [-0.2, 0) is 6.54 Å². The van der Waals surface area contributed by atoms with Crippen LogP contribution in [0, 0.1) is 6.92 Å². The number of benzene rings is 1. The maximum Gasteiger partial charge on any atom is 0.279 e. The molecule has 2 heterocycles. The fourth-order valence-electron chi connectivity index (χ4n) is 2.25. The van der Waals surface area contributed by atoms with Crippen LogP contribution >= 0.6 is 0 Å². The number of anilines is 1. The highest BCUT2D eigenvalue weighted by Gasteiger charge is 2.19. The molecule has 0 radical (unpaired) electrons. The molecule has 112 valence electrons. The quantitative estimate of drug-likeness (QED) is 0.773. The maximum absolute atomic E-state index is 12.4. The molecule has 1 amide bonds. The van der Waals surface area contributed by atoms with Gasteiger partial charge in [0.15, 0.2) is 11.5 Å². The minimum absolute atomic E-state index is 0.245. The number of hydrogen-bond acceptors (Lipinski definition) is 4. The van der Waals surface area contributed by atoms with Crippen LogP contribution in [0.2, 0.25) is 0 Å². The van der Waals surface area contributed by atoms with E-state index in [1.54, 1.807) is 0 Å². The summed E-state index contributed by atoms with van der Waals surface area (Å²) in [4.78, 5) is 12.4. The number of nitrogens with one attached hydrogen (secondary N) is 2. The first-order valence-electron chi connectivity index (χ1n) is 7.01. The Morgan fingerprint density at radius 1 is 1.27 bits per heavy atom. The monoisotopic (exact) mass is 296 g/mol. The number of aryl methyl sites for hydroxylation is 2. The molecule has 0 unspecified atom stereocenters. The summed E-state index contributed by atoms with van der Waals surface area (Å²) in [5.74, 6) is 0.166. The lowest BCUT2D eigenvalue weighted by molar-refractivity contribution is 0.102. The van der Waals surface area contributed by atoms with Crippen LogP contribution in [-0.4, -0.2) is 31.1 Å². The summed E-state index contributed by atoms with van der Waals surface area (Å²) in [7, 11) is 0. The van der Waals surface area contributed by atoms with Gasteiger partial charge < -0.3 is 5.32 Å². The summed E-state index contributed by atoms with van der Waals surface area (Å²) < 4.78 is 1.82. The van der Waals surface area contributed by atoms with E-state index in [1.807, 2.05) is 54.9 Å². The van der Waals surface area contributed by atoms with Gasteiger partial charge in [0.2, 0.25) is 0 Å². The number of H-pyrrole nitrogens is 1. The van der Waals surface area contributed by atoms with Gasteiger partial charge in [-0.3, -0.25) is 9.48 Å². The number of aromatic nitrogens is 5. The summed E-state index contributed by atoms with van der Waals surface area (Å²) in [5, 5.41) is 17.6. The van der Waals surface area contributed by atoms with Crippen molar-refractivity contribution in [3.63, 3.8) is 0 Å². The Kier molecular flexibility index (Phi) is 3.69. The molecule has 0 aliphatic rings. The first kappa shape index (κ1) is 14.0. The molecule has 0 bridgehead atoms. The highest BCUT2D eigenvalue weighted by atomic mass is 16.2. The van der Waals surface area contributed by atoms with Gasteiger partial charge in [-0.25, -0.2) is 0 Å². The van der Waals surface area contributed by atoms with E-state index < -0.39 is 0 Å². The Labute approximate surface area is 127 Å². The topological polar surface area (TPSA) is 88.5 Å². The van der Waals surface area contributed by atoms with Crippen LogP contribution in [0.3, 0.4) is 0 Å². The van der Waals surface area contributed by atoms with Gasteiger partial charge in [0.05, 0.1) is 0 Å². The molecule has 7 nitrogen and oxygen atoms in total. The number of rotatable bonds is 4. The highest BCUT2D eigenvalue weighted by molar-refractivity contribution is 6.06. The van der Waals surface area contributed by atoms with E-state index in [9.17, 15) is 4.79 Å². The Balaban J connectivity index is 1.86. The molecule has 2 N–H and O–H groups in total. The standard InChI is InChI=1S/C15H16N6O/c1-3-21-10(2)9-12(19-21)16-15(22)14-13(17-20-18-14)11-7-5-4-6-8-11/h4-9H,3H2,1-2H3,(H,16,19,22)(H,17,18,20). The summed E-state index contributed by atoms with van der Waals surface area (Å²) in [5.41, 5.74) is 2.58. The van der Waals surface area contributed by atoms with Gasteiger partial charge in [-0.15, -0.1) is 0 Å². The summed E-state index contributed by atoms with van der Waals surface area (Å²) in [6, 6.07) is 11.3. The third kappa shape index (κ3) is 2.60. The Hall–Kier alpha value is -2.96. The van der Waals surface area contributed by atoms with Crippen LogP contribution in [0.15, 0.2) is 36.4 Å². The number of nitrogens with zero attached hydrogens (tertiary/aromatic N) is 4. The van der Waals surface area contributed by atoms with E-state index in [4.69, 9.17) is 0 Å². The molecule has 0 atom stereocenters. The van der Waals surface area contributed by atoms with Gasteiger partial charge in [0, 0.05) is 23.9 Å². The predicted molar refractivity (Wildman–Crippen MR) is 82.4 cm³/mol. The van der Waals surface area contributed by atoms with Gasteiger partial charge in [0.25, 0.3) is 5.91 Å². The lowest BCUT2D eigenvalue weighted by Gasteiger charge is -2.01. The van der Waals surface area contributed by atoms with Crippen LogP contribution < -0.4 is 5.32 Å². The lowest BCUT2D eigenvalue weighted by Crippen LogP contribution is -2.14. The van der Waals surface area contributed by atoms with Crippen molar-refractivity contribution in [3.05, 3.63) is 47.8 Å². The third-order valence-electron chi connectivity index (χ3n) is 3.33. The van der Waals surface area contributed by atoms with Gasteiger partial charge in [-0.2, -0.15) is 20.5 Å². The van der Waals surface area contributed by atoms with Crippen molar-refractivity contribution in [2.45, 2.75) is 20.4 Å². The minimum atomic E-state index is -0.339. The molecule has 0 saturated heterocycles. The normalized spacial score (nSPS) is 10.6. The fourth-order valence-corrected chi connectivity index (χ4v) is 2.25. The van der Waals surface area contributed by atoms with Crippen LogP contribution in [0.25, 0.3) is 11.3 Å². The molecule has 22 heavy (non-hydrogen) atoms. The molecule has 7 heteroatoms. The number of carbonyl (C=O) groups excluding carboxylic acids is 1. The minimum Gasteiger partial charge on any atom is -0.304 e. The zero-order valence-electron chi connectivity index (χ0n) is 12.4. The SMILES string of the molecule is CCn1nc(NC(=O)c2n[nH]nc2-c2ccccc2)cc1C. The predicted octanol–water partition coefficient (Wildman–Crippen LogP) is 2.25. The van der Waals surface area contributed by atoms with E-state index in [0.717, 1.165) is 17.8 Å². The van der Waals surface area contributed by atoms with Gasteiger partial charge in [-0.05, 0) is 13.8 Å². The maximum atomic E-state index is 12.4. The average Bonchev–Trinajstić information content (AvgIpc) is 3.14. The summed E-state index contributed by atoms with van der Waals surface area (Å²) >= 11 is 0. The number of carbonyl (C=O) groups is 1. The molecule has 0 aliphatic carbocycles. The van der Waals surface area contributed by atoms with E-state index >= 15 is 0 Å². The first-order chi connectivity index (χ1) is 10.7. The summed E-state index contributed by atoms with van der Waals surface area (Å²) in [6.07, 6.45) is 0. The molecule has 0 spiro atoms. The molecule has 2 aromatic heterocycles. The van der Waals surface area contributed by atoms with Crippen LogP contribution in [0.4, 0.5) is 5.82 Å². The second kappa shape index (κ2) is 5.80. The van der Waals surface area contributed by atoms with Crippen LogP contribution in [0.1, 0.15) is 23.1 Å². The molecule has 0 aliphatic heterocycles. The largest absolute Gasteiger partial charge is 0.304 e. The number of amides is 1. The third-order valence-corrected chi connectivity index (χ3v) is 3.33. The Morgan fingerprint density at radius 2 is 2.05 bits per heavy atom. The Morgan fingerprint density at radius 3 is 2.73 bits per heavy atom. The van der Waals surface area contributed by atoms with E-state index in [1.165, 1.54) is 0 Å². The van der Waals surface area contributed by atoms with Crippen molar-refractivity contribution in [2.24, 2.45) is 0 Å². The molecule has 3 rings (SSSR count). The molecule has 0 saturated carbocycles. The molecular weight excluding hydrogens is 280 g/mol. The second-order valence-corrected chi connectivity index (χ2v) is 4.83. The van der Waals surface area contributed by atoms with Crippen molar-refractivity contribution >= 4 is 11.7 Å². The zero-order chi connectivity index (χ0) is 15.5. The van der Waals surface area contributed by atoms with Crippen molar-refractivity contribution in [3.8, 4) is 11.3 Å².